The number of aromatic nitrogens is 1. The van der Waals surface area contributed by atoms with Crippen LogP contribution in [0, 0.1) is 0 Å². The fraction of sp³-hybridized carbons (Fsp3) is 0.346. The van der Waals surface area contributed by atoms with Crippen molar-refractivity contribution in [1.29, 1.82) is 0 Å². The maximum absolute atomic E-state index is 12.9. The number of carboxylic acid groups (broad SMARTS) is 1. The number of anilines is 1. The highest BCUT2D eigenvalue weighted by molar-refractivity contribution is 5.87. The summed E-state index contributed by atoms with van der Waals surface area (Å²) in [5, 5.41) is 9.88. The summed E-state index contributed by atoms with van der Waals surface area (Å²) in [6.45, 7) is 7.16. The number of aliphatic carboxylic acids is 1. The van der Waals surface area contributed by atoms with Crippen LogP contribution in [0.4, 0.5) is 5.69 Å². The van der Waals surface area contributed by atoms with Crippen LogP contribution in [-0.2, 0) is 4.79 Å². The second-order valence-corrected chi connectivity index (χ2v) is 9.45. The molecule has 0 radical (unpaired) electrons. The molecule has 0 aliphatic carbocycles. The highest BCUT2D eigenvalue weighted by Gasteiger charge is 2.36. The molecule has 5 rings (SSSR count). The van der Waals surface area contributed by atoms with E-state index in [1.54, 1.807) is 6.07 Å². The number of fused-ring (bicyclic) bond motifs is 3. The van der Waals surface area contributed by atoms with Crippen molar-refractivity contribution in [2.75, 3.05) is 11.4 Å². The molecule has 2 aromatic heterocycles. The maximum atomic E-state index is 12.9. The van der Waals surface area contributed by atoms with Crippen molar-refractivity contribution in [3.63, 3.8) is 0 Å². The molecule has 0 amide bonds. The maximum Gasteiger partial charge on any atom is 0.349 e. The number of oxazole rings is 1. The van der Waals surface area contributed by atoms with Crippen LogP contribution in [0.1, 0.15) is 51.5 Å². The molecule has 170 valence electrons. The number of carbonyl (C=O) groups is 1. The zero-order valence-electron chi connectivity index (χ0n) is 18.9. The fourth-order valence-electron chi connectivity index (χ4n) is 5.05. The van der Waals surface area contributed by atoms with Gasteiger partial charge in [0.25, 0.3) is 0 Å². The van der Waals surface area contributed by atoms with Crippen LogP contribution in [0.3, 0.4) is 0 Å². The largest absolute Gasteiger partial charge is 0.481 e. The van der Waals surface area contributed by atoms with E-state index in [4.69, 9.17) is 13.9 Å². The minimum absolute atomic E-state index is 0.119. The van der Waals surface area contributed by atoms with Crippen molar-refractivity contribution < 1.29 is 18.7 Å². The van der Waals surface area contributed by atoms with Gasteiger partial charge in [0.05, 0.1) is 0 Å². The molecule has 7 nitrogen and oxygen atoms in total. The van der Waals surface area contributed by atoms with Crippen LogP contribution in [0.15, 0.2) is 56.1 Å². The molecule has 1 unspecified atom stereocenters. The lowest BCUT2D eigenvalue weighted by Crippen LogP contribution is -2.48. The van der Waals surface area contributed by atoms with Crippen molar-refractivity contribution in [2.24, 2.45) is 0 Å². The number of benzene rings is 2. The molecule has 0 saturated carbocycles. The second-order valence-electron chi connectivity index (χ2n) is 9.45. The van der Waals surface area contributed by atoms with Crippen molar-refractivity contribution in [3.05, 3.63) is 58.4 Å². The predicted molar refractivity (Wildman–Crippen MR) is 127 cm³/mol. The van der Waals surface area contributed by atoms with Gasteiger partial charge < -0.3 is 18.8 Å². The van der Waals surface area contributed by atoms with E-state index in [-0.39, 0.29) is 17.9 Å². The minimum atomic E-state index is -0.797. The first-order chi connectivity index (χ1) is 15.7. The minimum Gasteiger partial charge on any atom is -0.481 e. The summed E-state index contributed by atoms with van der Waals surface area (Å²) >= 11 is 0. The average Bonchev–Trinajstić information content (AvgIpc) is 3.18. The van der Waals surface area contributed by atoms with Crippen LogP contribution in [0.5, 0.6) is 0 Å². The van der Waals surface area contributed by atoms with Crippen LogP contribution < -0.4 is 10.5 Å². The molecular formula is C26H26N2O5. The second kappa shape index (κ2) is 7.76. The van der Waals surface area contributed by atoms with E-state index in [2.05, 4.69) is 36.7 Å². The smallest absolute Gasteiger partial charge is 0.349 e. The SMILES string of the molecule is CC1CC(C)(C)N(CCCC(=O)O)c2cc3oc(=O)c(-c4nc5ccccc5o4)cc3cc21. The summed E-state index contributed by atoms with van der Waals surface area (Å²) in [7, 11) is 0. The molecule has 0 fully saturated rings. The van der Waals surface area contributed by atoms with Gasteiger partial charge in [0.2, 0.25) is 5.89 Å². The third-order valence-electron chi connectivity index (χ3n) is 6.54. The number of carboxylic acids is 1. The molecule has 0 bridgehead atoms. The molecule has 4 aromatic rings. The lowest BCUT2D eigenvalue weighted by atomic mass is 9.79. The van der Waals surface area contributed by atoms with Crippen molar-refractivity contribution in [3.8, 4) is 11.5 Å². The van der Waals surface area contributed by atoms with E-state index in [9.17, 15) is 9.59 Å². The van der Waals surface area contributed by atoms with Gasteiger partial charge in [0.1, 0.15) is 16.7 Å². The van der Waals surface area contributed by atoms with Crippen molar-refractivity contribution in [1.82, 2.24) is 4.98 Å². The van der Waals surface area contributed by atoms with Gasteiger partial charge in [0, 0.05) is 35.6 Å². The van der Waals surface area contributed by atoms with Crippen LogP contribution in [-0.4, -0.2) is 28.1 Å². The third kappa shape index (κ3) is 3.77. The lowest BCUT2D eigenvalue weighted by molar-refractivity contribution is -0.137. The van der Waals surface area contributed by atoms with E-state index in [0.29, 0.717) is 41.1 Å². The third-order valence-corrected chi connectivity index (χ3v) is 6.54. The Balaban J connectivity index is 1.61. The van der Waals surface area contributed by atoms with Crippen LogP contribution in [0.25, 0.3) is 33.5 Å². The first-order valence-corrected chi connectivity index (χ1v) is 11.2. The zero-order valence-corrected chi connectivity index (χ0v) is 18.9. The molecule has 0 saturated heterocycles. The average molecular weight is 447 g/mol. The predicted octanol–water partition coefficient (Wildman–Crippen LogP) is 5.56. The normalized spacial score (nSPS) is 17.4. The van der Waals surface area contributed by atoms with Gasteiger partial charge in [-0.25, -0.2) is 9.78 Å². The standard InChI is InChI=1S/C26H26N2O5/c1-15-14-26(2,3)28(10-6-9-23(29)30)20-13-22-16(11-17(15)20)12-18(25(31)33-22)24-27-19-7-4-5-8-21(19)32-24/h4-5,7-8,11-13,15H,6,9-10,14H2,1-3H3,(H,29,30). The van der Waals surface area contributed by atoms with Gasteiger partial charge >= 0.3 is 11.6 Å². The Morgan fingerprint density at radius 3 is 2.73 bits per heavy atom. The Morgan fingerprint density at radius 2 is 1.97 bits per heavy atom. The number of para-hydroxylation sites is 2. The van der Waals surface area contributed by atoms with Crippen LogP contribution >= 0.6 is 0 Å². The zero-order chi connectivity index (χ0) is 23.3. The van der Waals surface area contributed by atoms with Gasteiger partial charge in [-0.1, -0.05) is 19.1 Å². The van der Waals surface area contributed by atoms with Gasteiger partial charge in [0.15, 0.2) is 5.58 Å². The van der Waals surface area contributed by atoms with Crippen molar-refractivity contribution in [2.45, 2.75) is 51.5 Å². The molecule has 1 N–H and O–H groups in total. The number of hydrogen-bond donors (Lipinski definition) is 1. The molecule has 7 heteroatoms. The van der Waals surface area contributed by atoms with Gasteiger partial charge in [-0.05, 0) is 62.4 Å². The van der Waals surface area contributed by atoms with E-state index in [1.807, 2.05) is 30.3 Å². The quantitative estimate of drug-likeness (QED) is 0.401. The summed E-state index contributed by atoms with van der Waals surface area (Å²) < 4.78 is 11.5. The first-order valence-electron chi connectivity index (χ1n) is 11.2. The highest BCUT2D eigenvalue weighted by Crippen LogP contribution is 2.45. The van der Waals surface area contributed by atoms with Crippen molar-refractivity contribution >= 4 is 33.7 Å². The topological polar surface area (TPSA) is 96.8 Å². The van der Waals surface area contributed by atoms with E-state index in [0.717, 1.165) is 23.1 Å². The molecule has 1 aliphatic heterocycles. The Kier molecular flexibility index (Phi) is 5.00. The molecule has 3 heterocycles. The molecule has 33 heavy (non-hydrogen) atoms. The number of nitrogens with zero attached hydrogens (tertiary/aromatic N) is 2. The van der Waals surface area contributed by atoms with Gasteiger partial charge in [-0.3, -0.25) is 4.79 Å². The summed E-state index contributed by atoms with van der Waals surface area (Å²) in [5.74, 6) is -0.251. The number of rotatable bonds is 5. The van der Waals surface area contributed by atoms with Gasteiger partial charge in [-0.2, -0.15) is 0 Å². The van der Waals surface area contributed by atoms with E-state index < -0.39 is 11.6 Å². The van der Waals surface area contributed by atoms with Gasteiger partial charge in [-0.15, -0.1) is 0 Å². The fourth-order valence-corrected chi connectivity index (χ4v) is 5.05. The first kappa shape index (κ1) is 21.2. The Morgan fingerprint density at radius 1 is 1.18 bits per heavy atom. The van der Waals surface area contributed by atoms with E-state index >= 15 is 0 Å². The molecule has 2 aromatic carbocycles. The molecule has 1 aliphatic rings. The Bertz CT molecular complexity index is 1400. The van der Waals surface area contributed by atoms with E-state index in [1.165, 1.54) is 0 Å². The molecular weight excluding hydrogens is 420 g/mol. The molecule has 0 spiro atoms. The summed E-state index contributed by atoms with van der Waals surface area (Å²) in [5.41, 5.74) is 3.60. The number of hydrogen-bond acceptors (Lipinski definition) is 6. The molecule has 1 atom stereocenters. The lowest BCUT2D eigenvalue weighted by Gasteiger charge is -2.47. The Hall–Kier alpha value is -3.61. The van der Waals surface area contributed by atoms with Crippen LogP contribution in [0.2, 0.25) is 0 Å². The Labute approximate surface area is 190 Å². The summed E-state index contributed by atoms with van der Waals surface area (Å²) in [6.07, 6.45) is 1.60. The monoisotopic (exact) mass is 446 g/mol. The summed E-state index contributed by atoms with van der Waals surface area (Å²) in [4.78, 5) is 30.6. The highest BCUT2D eigenvalue weighted by atomic mass is 16.4. The summed E-state index contributed by atoms with van der Waals surface area (Å²) in [6, 6.07) is 13.2.